The summed E-state index contributed by atoms with van der Waals surface area (Å²) in [5, 5.41) is 10.5. The zero-order chi connectivity index (χ0) is 15.5. The van der Waals surface area contributed by atoms with Crippen molar-refractivity contribution in [3.63, 3.8) is 0 Å². The Hall–Kier alpha value is -2.31. The minimum absolute atomic E-state index is 0.118. The number of benzene rings is 1. The van der Waals surface area contributed by atoms with Crippen molar-refractivity contribution in [2.45, 2.75) is 19.8 Å². The molecule has 7 heteroatoms. The first-order chi connectivity index (χ1) is 10.6. The van der Waals surface area contributed by atoms with Crippen LogP contribution in [0.5, 0.6) is 0 Å². The highest BCUT2D eigenvalue weighted by Gasteiger charge is 2.18. The Morgan fingerprint density at radius 2 is 2.18 bits per heavy atom. The molecule has 0 aliphatic carbocycles. The van der Waals surface area contributed by atoms with E-state index >= 15 is 0 Å². The van der Waals surface area contributed by atoms with Gasteiger partial charge in [0.1, 0.15) is 11.6 Å². The van der Waals surface area contributed by atoms with Gasteiger partial charge in [0.15, 0.2) is 5.82 Å². The van der Waals surface area contributed by atoms with Crippen molar-refractivity contribution in [1.82, 2.24) is 15.2 Å². The molecule has 0 bridgehead atoms. The van der Waals surface area contributed by atoms with Crippen molar-refractivity contribution in [2.24, 2.45) is 5.92 Å². The fourth-order valence-electron chi connectivity index (χ4n) is 2.61. The summed E-state index contributed by atoms with van der Waals surface area (Å²) in [5.74, 6) is 0.196. The van der Waals surface area contributed by atoms with Gasteiger partial charge in [0.2, 0.25) is 5.95 Å². The van der Waals surface area contributed by atoms with E-state index in [1.807, 2.05) is 0 Å². The molecule has 1 unspecified atom stereocenters. The summed E-state index contributed by atoms with van der Waals surface area (Å²) in [4.78, 5) is 6.52. The Kier molecular flexibility index (Phi) is 4.13. The highest BCUT2D eigenvalue weighted by atomic mass is 19.1. The highest BCUT2D eigenvalue weighted by Crippen LogP contribution is 2.23. The SMILES string of the molecule is CC1CCCN(c2cnnc(Nc3ccc(F)cc3F)n2)C1. The van der Waals surface area contributed by atoms with Crippen molar-refractivity contribution in [3.8, 4) is 0 Å². The number of piperidine rings is 1. The lowest BCUT2D eigenvalue weighted by Crippen LogP contribution is -2.35. The van der Waals surface area contributed by atoms with Gasteiger partial charge in [0.05, 0.1) is 11.9 Å². The molecule has 1 saturated heterocycles. The quantitative estimate of drug-likeness (QED) is 0.944. The molecule has 0 radical (unpaired) electrons. The Morgan fingerprint density at radius 1 is 1.32 bits per heavy atom. The van der Waals surface area contributed by atoms with Gasteiger partial charge in [0.25, 0.3) is 0 Å². The number of hydrogen-bond donors (Lipinski definition) is 1. The highest BCUT2D eigenvalue weighted by molar-refractivity contribution is 5.55. The maximum absolute atomic E-state index is 13.7. The largest absolute Gasteiger partial charge is 0.355 e. The van der Waals surface area contributed by atoms with Crippen LogP contribution in [-0.4, -0.2) is 28.3 Å². The molecule has 1 atom stereocenters. The van der Waals surface area contributed by atoms with E-state index in [2.05, 4.69) is 32.3 Å². The predicted molar refractivity (Wildman–Crippen MR) is 80.1 cm³/mol. The summed E-state index contributed by atoms with van der Waals surface area (Å²) in [7, 11) is 0. The average molecular weight is 305 g/mol. The van der Waals surface area contributed by atoms with Crippen LogP contribution in [0, 0.1) is 17.6 Å². The average Bonchev–Trinajstić information content (AvgIpc) is 2.50. The van der Waals surface area contributed by atoms with E-state index in [9.17, 15) is 8.78 Å². The molecule has 5 nitrogen and oxygen atoms in total. The van der Waals surface area contributed by atoms with Crippen LogP contribution in [0.15, 0.2) is 24.4 Å². The van der Waals surface area contributed by atoms with E-state index in [0.29, 0.717) is 11.7 Å². The smallest absolute Gasteiger partial charge is 0.249 e. The van der Waals surface area contributed by atoms with Crippen molar-refractivity contribution >= 4 is 17.5 Å². The number of halogens is 2. The number of aromatic nitrogens is 3. The van der Waals surface area contributed by atoms with Crippen LogP contribution in [-0.2, 0) is 0 Å². The zero-order valence-corrected chi connectivity index (χ0v) is 12.3. The second kappa shape index (κ2) is 6.21. The molecule has 116 valence electrons. The molecule has 22 heavy (non-hydrogen) atoms. The maximum Gasteiger partial charge on any atom is 0.249 e. The van der Waals surface area contributed by atoms with Crippen LogP contribution in [0.1, 0.15) is 19.8 Å². The standard InChI is InChI=1S/C15H17F2N5/c1-10-3-2-6-22(9-10)14-8-18-21-15(20-14)19-13-5-4-11(16)7-12(13)17/h4-5,7-8,10H,2-3,6,9H2,1H3,(H,19,20,21). The fraction of sp³-hybridized carbons (Fsp3) is 0.400. The van der Waals surface area contributed by atoms with Crippen LogP contribution in [0.3, 0.4) is 0 Å². The molecule has 0 spiro atoms. The first-order valence-corrected chi connectivity index (χ1v) is 7.28. The topological polar surface area (TPSA) is 53.9 Å². The van der Waals surface area contributed by atoms with Gasteiger partial charge in [-0.1, -0.05) is 6.92 Å². The molecule has 1 aromatic heterocycles. The van der Waals surface area contributed by atoms with Crippen molar-refractivity contribution in [2.75, 3.05) is 23.3 Å². The third-order valence-electron chi connectivity index (χ3n) is 3.70. The molecular weight excluding hydrogens is 288 g/mol. The van der Waals surface area contributed by atoms with Crippen LogP contribution >= 0.6 is 0 Å². The number of nitrogens with zero attached hydrogens (tertiary/aromatic N) is 4. The fourth-order valence-corrected chi connectivity index (χ4v) is 2.61. The monoisotopic (exact) mass is 305 g/mol. The van der Waals surface area contributed by atoms with Gasteiger partial charge in [-0.25, -0.2) is 8.78 Å². The molecule has 2 heterocycles. The number of rotatable bonds is 3. The van der Waals surface area contributed by atoms with Crippen molar-refractivity contribution in [1.29, 1.82) is 0 Å². The molecular formula is C15H17F2N5. The van der Waals surface area contributed by atoms with Crippen LogP contribution in [0.25, 0.3) is 0 Å². The summed E-state index contributed by atoms with van der Waals surface area (Å²) >= 11 is 0. The second-order valence-corrected chi connectivity index (χ2v) is 5.58. The Morgan fingerprint density at radius 3 is 2.95 bits per heavy atom. The molecule has 1 aromatic carbocycles. The van der Waals surface area contributed by atoms with Crippen LogP contribution in [0.4, 0.5) is 26.2 Å². The molecule has 3 rings (SSSR count). The number of anilines is 3. The van der Waals surface area contributed by atoms with Crippen molar-refractivity contribution in [3.05, 3.63) is 36.0 Å². The van der Waals surface area contributed by atoms with Gasteiger partial charge >= 0.3 is 0 Å². The van der Waals surface area contributed by atoms with E-state index in [4.69, 9.17) is 0 Å². The summed E-state index contributed by atoms with van der Waals surface area (Å²) in [6.07, 6.45) is 3.92. The second-order valence-electron chi connectivity index (χ2n) is 5.58. The van der Waals surface area contributed by atoms with Gasteiger partial charge in [-0.15, -0.1) is 5.10 Å². The van der Waals surface area contributed by atoms with Gasteiger partial charge in [-0.3, -0.25) is 0 Å². The Bertz CT molecular complexity index is 664. The Balaban J connectivity index is 1.79. The van der Waals surface area contributed by atoms with E-state index in [-0.39, 0.29) is 11.6 Å². The normalized spacial score (nSPS) is 18.3. The zero-order valence-electron chi connectivity index (χ0n) is 12.3. The first-order valence-electron chi connectivity index (χ1n) is 7.28. The molecule has 1 N–H and O–H groups in total. The van der Waals surface area contributed by atoms with Gasteiger partial charge < -0.3 is 10.2 Å². The lowest BCUT2D eigenvalue weighted by Gasteiger charge is -2.31. The van der Waals surface area contributed by atoms with Crippen LogP contribution < -0.4 is 10.2 Å². The van der Waals surface area contributed by atoms with Crippen molar-refractivity contribution < 1.29 is 8.78 Å². The molecule has 1 fully saturated rings. The molecule has 1 aliphatic heterocycles. The van der Waals surface area contributed by atoms with Crippen LogP contribution in [0.2, 0.25) is 0 Å². The molecule has 0 saturated carbocycles. The van der Waals surface area contributed by atoms with E-state index in [1.54, 1.807) is 6.20 Å². The third-order valence-corrected chi connectivity index (χ3v) is 3.70. The van der Waals surface area contributed by atoms with Gasteiger partial charge in [-0.05, 0) is 30.9 Å². The molecule has 0 amide bonds. The summed E-state index contributed by atoms with van der Waals surface area (Å²) in [6.45, 7) is 4.05. The van der Waals surface area contributed by atoms with Gasteiger partial charge in [0, 0.05) is 19.2 Å². The lowest BCUT2D eigenvalue weighted by molar-refractivity contribution is 0.444. The summed E-state index contributed by atoms with van der Waals surface area (Å²) in [5.41, 5.74) is 0.118. The van der Waals surface area contributed by atoms with E-state index < -0.39 is 11.6 Å². The molecule has 2 aromatic rings. The van der Waals surface area contributed by atoms with E-state index in [1.165, 1.54) is 18.6 Å². The number of nitrogens with one attached hydrogen (secondary N) is 1. The van der Waals surface area contributed by atoms with Gasteiger partial charge in [-0.2, -0.15) is 10.1 Å². The Labute approximate surface area is 127 Å². The lowest BCUT2D eigenvalue weighted by atomic mass is 10.0. The predicted octanol–water partition coefficient (Wildman–Crippen LogP) is 3.13. The third kappa shape index (κ3) is 3.29. The first kappa shape index (κ1) is 14.6. The number of hydrogen-bond acceptors (Lipinski definition) is 5. The summed E-state index contributed by atoms with van der Waals surface area (Å²) < 4.78 is 26.6. The maximum atomic E-state index is 13.7. The molecule has 1 aliphatic rings. The minimum atomic E-state index is -0.694. The van der Waals surface area contributed by atoms with E-state index in [0.717, 1.165) is 25.6 Å². The minimum Gasteiger partial charge on any atom is -0.355 e. The summed E-state index contributed by atoms with van der Waals surface area (Å²) in [6, 6.07) is 3.30.